The van der Waals surface area contributed by atoms with E-state index in [2.05, 4.69) is 0 Å². The fraction of sp³-hybridized carbons (Fsp3) is 0.417. The SMILES string of the molecule is CC(C)(C)OC(=O)N1CCC(c2cccc3c2OC(C)(c2ccc(Cl)cc2F)O3)C(=O)C1. The molecule has 2 aromatic rings. The number of likely N-dealkylation sites (tertiary alicyclic amines) is 1. The Kier molecular flexibility index (Phi) is 5.57. The van der Waals surface area contributed by atoms with Crippen molar-refractivity contribution in [3.05, 3.63) is 58.4 Å². The number of fused-ring (bicyclic) bond motifs is 1. The van der Waals surface area contributed by atoms with E-state index in [4.69, 9.17) is 25.8 Å². The summed E-state index contributed by atoms with van der Waals surface area (Å²) in [5, 5.41) is 0.272. The molecule has 0 aromatic heterocycles. The van der Waals surface area contributed by atoms with Crippen LogP contribution in [0.2, 0.25) is 5.02 Å². The average molecular weight is 462 g/mol. The van der Waals surface area contributed by atoms with E-state index in [0.29, 0.717) is 30.0 Å². The minimum atomic E-state index is -1.40. The van der Waals surface area contributed by atoms with Gasteiger partial charge in [0.05, 0.1) is 18.0 Å². The highest BCUT2D eigenvalue weighted by Gasteiger charge is 2.44. The molecule has 0 radical (unpaired) electrons. The highest BCUT2D eigenvalue weighted by Crippen LogP contribution is 2.49. The number of carbonyl (C=O) groups excluding carboxylic acids is 2. The number of nitrogens with zero attached hydrogens (tertiary/aromatic N) is 1. The highest BCUT2D eigenvalue weighted by atomic mass is 35.5. The van der Waals surface area contributed by atoms with Crippen molar-refractivity contribution in [2.45, 2.75) is 51.4 Å². The molecule has 1 saturated heterocycles. The molecule has 1 fully saturated rings. The summed E-state index contributed by atoms with van der Waals surface area (Å²) in [5.74, 6) is -1.69. The van der Waals surface area contributed by atoms with Crippen LogP contribution in [0.1, 0.15) is 51.2 Å². The van der Waals surface area contributed by atoms with Gasteiger partial charge in [0.1, 0.15) is 11.4 Å². The van der Waals surface area contributed by atoms with Crippen LogP contribution in [0.4, 0.5) is 9.18 Å². The van der Waals surface area contributed by atoms with Crippen molar-refractivity contribution >= 4 is 23.5 Å². The van der Waals surface area contributed by atoms with E-state index >= 15 is 0 Å². The molecule has 2 unspecified atom stereocenters. The molecular formula is C24H25ClFNO5. The fourth-order valence-electron chi connectivity index (χ4n) is 4.02. The Balaban J connectivity index is 1.56. The second kappa shape index (κ2) is 7.96. The van der Waals surface area contributed by atoms with Crippen molar-refractivity contribution in [2.24, 2.45) is 0 Å². The minimum absolute atomic E-state index is 0.0484. The molecule has 0 bridgehead atoms. The summed E-state index contributed by atoms with van der Waals surface area (Å²) in [7, 11) is 0. The van der Waals surface area contributed by atoms with Crippen LogP contribution in [0, 0.1) is 5.82 Å². The molecule has 0 N–H and O–H groups in total. The molecule has 0 aliphatic carbocycles. The predicted octanol–water partition coefficient (Wildman–Crippen LogP) is 5.42. The molecular weight excluding hydrogens is 437 g/mol. The van der Waals surface area contributed by atoms with Crippen molar-refractivity contribution < 1.29 is 28.2 Å². The zero-order valence-corrected chi connectivity index (χ0v) is 19.2. The summed E-state index contributed by atoms with van der Waals surface area (Å²) < 4.78 is 32.0. The zero-order valence-electron chi connectivity index (χ0n) is 18.4. The van der Waals surface area contributed by atoms with Crippen molar-refractivity contribution in [3.8, 4) is 11.5 Å². The topological polar surface area (TPSA) is 65.1 Å². The first-order valence-corrected chi connectivity index (χ1v) is 10.8. The number of amides is 1. The molecule has 2 aliphatic rings. The Labute approximate surface area is 191 Å². The minimum Gasteiger partial charge on any atom is -0.444 e. The van der Waals surface area contributed by atoms with Gasteiger partial charge in [-0.2, -0.15) is 0 Å². The first-order valence-electron chi connectivity index (χ1n) is 10.4. The third-order valence-corrected chi connectivity index (χ3v) is 5.72. The molecule has 2 aliphatic heterocycles. The third-order valence-electron chi connectivity index (χ3n) is 5.48. The number of hydrogen-bond donors (Lipinski definition) is 0. The standard InChI is InChI=1S/C24H25ClFNO5/c1-23(2,3)32-22(29)27-11-10-15(19(28)13-27)16-6-5-7-20-21(16)31-24(4,30-20)17-9-8-14(25)12-18(17)26/h5-9,12,15H,10-11,13H2,1-4H3. The summed E-state index contributed by atoms with van der Waals surface area (Å²) in [6, 6.07) is 9.59. The number of carbonyl (C=O) groups is 2. The van der Waals surface area contributed by atoms with Crippen LogP contribution >= 0.6 is 11.6 Å². The number of halogens is 2. The fourth-order valence-corrected chi connectivity index (χ4v) is 4.18. The maximum Gasteiger partial charge on any atom is 0.410 e. The smallest absolute Gasteiger partial charge is 0.410 e. The van der Waals surface area contributed by atoms with Gasteiger partial charge in [0.2, 0.25) is 0 Å². The highest BCUT2D eigenvalue weighted by molar-refractivity contribution is 6.30. The maximum absolute atomic E-state index is 14.6. The summed E-state index contributed by atoms with van der Waals surface area (Å²) in [6.45, 7) is 7.29. The molecule has 0 spiro atoms. The van der Waals surface area contributed by atoms with Crippen LogP contribution in [-0.2, 0) is 15.3 Å². The number of benzene rings is 2. The number of rotatable bonds is 2. The third kappa shape index (κ3) is 4.26. The van der Waals surface area contributed by atoms with Gasteiger partial charge in [-0.15, -0.1) is 0 Å². The summed E-state index contributed by atoms with van der Waals surface area (Å²) in [4.78, 5) is 26.7. The lowest BCUT2D eigenvalue weighted by Crippen LogP contribution is -2.45. The van der Waals surface area contributed by atoms with E-state index in [-0.39, 0.29) is 22.9 Å². The lowest BCUT2D eigenvalue weighted by Gasteiger charge is -2.33. The quantitative estimate of drug-likeness (QED) is 0.597. The maximum atomic E-state index is 14.6. The summed E-state index contributed by atoms with van der Waals surface area (Å²) in [5.41, 5.74) is 0.230. The Hall–Kier alpha value is -2.80. The molecule has 170 valence electrons. The number of hydrogen-bond acceptors (Lipinski definition) is 5. The van der Waals surface area contributed by atoms with Crippen LogP contribution in [-0.4, -0.2) is 35.5 Å². The van der Waals surface area contributed by atoms with E-state index in [1.54, 1.807) is 52.0 Å². The average Bonchev–Trinajstić information content (AvgIpc) is 3.03. The van der Waals surface area contributed by atoms with Crippen LogP contribution in [0.3, 0.4) is 0 Å². The number of para-hydroxylation sites is 1. The van der Waals surface area contributed by atoms with Crippen LogP contribution in [0.5, 0.6) is 11.5 Å². The lowest BCUT2D eigenvalue weighted by atomic mass is 9.87. The van der Waals surface area contributed by atoms with Gasteiger partial charge in [-0.05, 0) is 51.5 Å². The number of piperidine rings is 1. The normalized spacial score (nSPS) is 22.8. The Bertz CT molecular complexity index is 1080. The second-order valence-corrected chi connectivity index (χ2v) is 9.59. The van der Waals surface area contributed by atoms with Crippen molar-refractivity contribution in [1.29, 1.82) is 0 Å². The van der Waals surface area contributed by atoms with Gasteiger partial charge in [-0.3, -0.25) is 4.79 Å². The lowest BCUT2D eigenvalue weighted by molar-refractivity contribution is -0.124. The van der Waals surface area contributed by atoms with Gasteiger partial charge in [0, 0.05) is 24.1 Å². The van der Waals surface area contributed by atoms with Gasteiger partial charge in [-0.25, -0.2) is 9.18 Å². The second-order valence-electron chi connectivity index (χ2n) is 9.16. The van der Waals surface area contributed by atoms with Gasteiger partial charge < -0.3 is 19.1 Å². The van der Waals surface area contributed by atoms with E-state index in [1.807, 2.05) is 0 Å². The largest absolute Gasteiger partial charge is 0.444 e. The molecule has 1 amide bonds. The van der Waals surface area contributed by atoms with E-state index in [1.165, 1.54) is 17.0 Å². The first kappa shape index (κ1) is 22.4. The molecule has 32 heavy (non-hydrogen) atoms. The van der Waals surface area contributed by atoms with Crippen LogP contribution < -0.4 is 9.47 Å². The first-order chi connectivity index (χ1) is 15.0. The van der Waals surface area contributed by atoms with E-state index in [0.717, 1.165) is 0 Å². The molecule has 6 nitrogen and oxygen atoms in total. The number of ether oxygens (including phenoxy) is 3. The van der Waals surface area contributed by atoms with Gasteiger partial charge >= 0.3 is 6.09 Å². The van der Waals surface area contributed by atoms with Crippen molar-refractivity contribution in [1.82, 2.24) is 4.90 Å². The summed E-state index contributed by atoms with van der Waals surface area (Å²) >= 11 is 5.87. The van der Waals surface area contributed by atoms with Crippen molar-refractivity contribution in [3.63, 3.8) is 0 Å². The Morgan fingerprint density at radius 1 is 1.25 bits per heavy atom. The zero-order chi connectivity index (χ0) is 23.3. The Morgan fingerprint density at radius 2 is 2.00 bits per heavy atom. The Morgan fingerprint density at radius 3 is 2.66 bits per heavy atom. The molecule has 4 rings (SSSR count). The van der Waals surface area contributed by atoms with E-state index in [9.17, 15) is 14.0 Å². The van der Waals surface area contributed by atoms with Crippen LogP contribution in [0.25, 0.3) is 0 Å². The van der Waals surface area contributed by atoms with E-state index < -0.39 is 29.2 Å². The molecule has 8 heteroatoms. The van der Waals surface area contributed by atoms with Gasteiger partial charge in [0.25, 0.3) is 5.79 Å². The molecule has 0 saturated carbocycles. The number of Topliss-reactive ketones (excluding diaryl/α,β-unsaturated/α-hetero) is 1. The van der Waals surface area contributed by atoms with Crippen molar-refractivity contribution in [2.75, 3.05) is 13.1 Å². The summed E-state index contributed by atoms with van der Waals surface area (Å²) in [6.07, 6.45) is -0.0860. The van der Waals surface area contributed by atoms with Crippen LogP contribution in [0.15, 0.2) is 36.4 Å². The molecule has 2 aromatic carbocycles. The van der Waals surface area contributed by atoms with Gasteiger partial charge in [-0.1, -0.05) is 23.7 Å². The van der Waals surface area contributed by atoms with Gasteiger partial charge in [0.15, 0.2) is 17.3 Å². The predicted molar refractivity (Wildman–Crippen MR) is 117 cm³/mol. The molecule has 2 atom stereocenters. The monoisotopic (exact) mass is 461 g/mol. The molecule has 2 heterocycles. The number of ketones is 1.